The fourth-order valence-corrected chi connectivity index (χ4v) is 5.06. The van der Waals surface area contributed by atoms with Gasteiger partial charge >= 0.3 is 0 Å². The van der Waals surface area contributed by atoms with E-state index in [1.807, 2.05) is 37.3 Å². The SMILES string of the molecule is CCOc1ccc(S(=O)(=O)NC(Cc2ccccc2)C(=O)N2CCCCC2)cc1Cl. The van der Waals surface area contributed by atoms with E-state index in [0.717, 1.165) is 24.8 Å². The molecule has 0 aromatic heterocycles. The quantitative estimate of drug-likeness (QED) is 0.666. The van der Waals surface area contributed by atoms with Gasteiger partial charge in [0.25, 0.3) is 0 Å². The molecule has 1 N–H and O–H groups in total. The van der Waals surface area contributed by atoms with E-state index < -0.39 is 16.1 Å². The number of carbonyl (C=O) groups excluding carboxylic acids is 1. The minimum Gasteiger partial charge on any atom is -0.492 e. The molecular formula is C22H27ClN2O4S. The number of halogens is 1. The third kappa shape index (κ3) is 5.74. The van der Waals surface area contributed by atoms with Crippen molar-refractivity contribution >= 4 is 27.5 Å². The molecule has 0 aliphatic carbocycles. The highest BCUT2D eigenvalue weighted by Gasteiger charge is 2.30. The van der Waals surface area contributed by atoms with Crippen molar-refractivity contribution in [3.05, 3.63) is 59.1 Å². The van der Waals surface area contributed by atoms with Crippen LogP contribution in [-0.4, -0.2) is 45.0 Å². The summed E-state index contributed by atoms with van der Waals surface area (Å²) in [5.74, 6) is 0.225. The molecule has 1 atom stereocenters. The molecule has 2 aromatic carbocycles. The van der Waals surface area contributed by atoms with E-state index in [1.54, 1.807) is 4.90 Å². The van der Waals surface area contributed by atoms with Crippen molar-refractivity contribution in [2.45, 2.75) is 43.5 Å². The molecule has 0 bridgehead atoms. The number of ether oxygens (including phenoxy) is 1. The topological polar surface area (TPSA) is 75.7 Å². The second-order valence-electron chi connectivity index (χ2n) is 7.27. The van der Waals surface area contributed by atoms with Gasteiger partial charge in [-0.15, -0.1) is 0 Å². The lowest BCUT2D eigenvalue weighted by atomic mass is 10.0. The van der Waals surface area contributed by atoms with Gasteiger partial charge in [0, 0.05) is 13.1 Å². The summed E-state index contributed by atoms with van der Waals surface area (Å²) in [4.78, 5) is 14.9. The first-order valence-corrected chi connectivity index (χ1v) is 12.0. The van der Waals surface area contributed by atoms with Crippen LogP contribution in [0.15, 0.2) is 53.4 Å². The Labute approximate surface area is 183 Å². The number of carbonyl (C=O) groups is 1. The molecule has 0 saturated carbocycles. The Balaban J connectivity index is 1.85. The molecular weight excluding hydrogens is 424 g/mol. The average molecular weight is 451 g/mol. The zero-order valence-electron chi connectivity index (χ0n) is 17.0. The Morgan fingerprint density at radius 3 is 2.47 bits per heavy atom. The minimum atomic E-state index is -3.95. The number of amides is 1. The first-order chi connectivity index (χ1) is 14.4. The average Bonchev–Trinajstić information content (AvgIpc) is 2.75. The summed E-state index contributed by atoms with van der Waals surface area (Å²) in [7, 11) is -3.95. The summed E-state index contributed by atoms with van der Waals surface area (Å²) in [5, 5.41) is 0.210. The number of nitrogens with zero attached hydrogens (tertiary/aromatic N) is 1. The van der Waals surface area contributed by atoms with Crippen molar-refractivity contribution in [1.82, 2.24) is 9.62 Å². The lowest BCUT2D eigenvalue weighted by Crippen LogP contribution is -2.50. The van der Waals surface area contributed by atoms with Gasteiger partial charge in [-0.3, -0.25) is 4.79 Å². The highest BCUT2D eigenvalue weighted by molar-refractivity contribution is 7.89. The van der Waals surface area contributed by atoms with Crippen LogP contribution < -0.4 is 9.46 Å². The fourth-order valence-electron chi connectivity index (χ4n) is 3.54. The second-order valence-corrected chi connectivity index (χ2v) is 9.40. The van der Waals surface area contributed by atoms with E-state index in [9.17, 15) is 13.2 Å². The van der Waals surface area contributed by atoms with Crippen LogP contribution in [0.1, 0.15) is 31.7 Å². The number of piperidine rings is 1. The maximum Gasteiger partial charge on any atom is 0.241 e. The summed E-state index contributed by atoms with van der Waals surface area (Å²) in [6, 6.07) is 12.8. The van der Waals surface area contributed by atoms with Crippen molar-refractivity contribution in [3.63, 3.8) is 0 Å². The first-order valence-electron chi connectivity index (χ1n) is 10.2. The van der Waals surface area contributed by atoms with E-state index in [4.69, 9.17) is 16.3 Å². The van der Waals surface area contributed by atoms with Crippen LogP contribution in [0.4, 0.5) is 0 Å². The minimum absolute atomic E-state index is 0.000425. The standard InChI is InChI=1S/C22H27ClN2O4S/c1-2-29-21-12-11-18(16-19(21)23)30(27,28)24-20(15-17-9-5-3-6-10-17)22(26)25-13-7-4-8-14-25/h3,5-6,9-12,16,20,24H,2,4,7-8,13-15H2,1H3. The second kappa shape index (κ2) is 10.3. The number of hydrogen-bond acceptors (Lipinski definition) is 4. The van der Waals surface area contributed by atoms with Crippen molar-refractivity contribution < 1.29 is 17.9 Å². The molecule has 1 aliphatic heterocycles. The molecule has 1 unspecified atom stereocenters. The van der Waals surface area contributed by atoms with Gasteiger partial charge in [0.15, 0.2) is 0 Å². The third-order valence-corrected chi connectivity index (χ3v) is 6.82. The Morgan fingerprint density at radius 2 is 1.83 bits per heavy atom. The highest BCUT2D eigenvalue weighted by atomic mass is 35.5. The number of nitrogens with one attached hydrogen (secondary N) is 1. The van der Waals surface area contributed by atoms with Crippen molar-refractivity contribution in [2.24, 2.45) is 0 Å². The molecule has 6 nitrogen and oxygen atoms in total. The molecule has 1 heterocycles. The summed E-state index contributed by atoms with van der Waals surface area (Å²) in [6.45, 7) is 3.55. The summed E-state index contributed by atoms with van der Waals surface area (Å²) >= 11 is 6.17. The Bertz CT molecular complexity index is 960. The predicted molar refractivity (Wildman–Crippen MR) is 117 cm³/mol. The van der Waals surface area contributed by atoms with E-state index in [1.165, 1.54) is 18.2 Å². The van der Waals surface area contributed by atoms with Gasteiger partial charge in [-0.25, -0.2) is 8.42 Å². The van der Waals surface area contributed by atoms with E-state index >= 15 is 0 Å². The third-order valence-electron chi connectivity index (χ3n) is 5.06. The molecule has 1 aliphatic rings. The Morgan fingerprint density at radius 1 is 1.13 bits per heavy atom. The van der Waals surface area contributed by atoms with Crippen LogP contribution in [-0.2, 0) is 21.2 Å². The van der Waals surface area contributed by atoms with Gasteiger partial charge in [-0.1, -0.05) is 41.9 Å². The monoisotopic (exact) mass is 450 g/mol. The van der Waals surface area contributed by atoms with Gasteiger partial charge in [0.2, 0.25) is 15.9 Å². The molecule has 0 spiro atoms. The lowest BCUT2D eigenvalue weighted by molar-refractivity contribution is -0.133. The van der Waals surface area contributed by atoms with Crippen LogP contribution in [0.5, 0.6) is 5.75 Å². The molecule has 1 saturated heterocycles. The van der Waals surface area contributed by atoms with Crippen LogP contribution >= 0.6 is 11.6 Å². The maximum absolute atomic E-state index is 13.2. The van der Waals surface area contributed by atoms with Crippen LogP contribution in [0.3, 0.4) is 0 Å². The largest absolute Gasteiger partial charge is 0.492 e. The molecule has 30 heavy (non-hydrogen) atoms. The lowest BCUT2D eigenvalue weighted by Gasteiger charge is -2.30. The number of likely N-dealkylation sites (tertiary alicyclic amines) is 1. The summed E-state index contributed by atoms with van der Waals surface area (Å²) in [6.07, 6.45) is 3.24. The van der Waals surface area contributed by atoms with Gasteiger partial charge in [0.1, 0.15) is 11.8 Å². The van der Waals surface area contributed by atoms with Crippen molar-refractivity contribution in [1.29, 1.82) is 0 Å². The zero-order valence-corrected chi connectivity index (χ0v) is 18.6. The van der Waals surface area contributed by atoms with E-state index in [0.29, 0.717) is 25.4 Å². The van der Waals surface area contributed by atoms with Crippen LogP contribution in [0.2, 0.25) is 5.02 Å². The molecule has 8 heteroatoms. The molecule has 162 valence electrons. The molecule has 1 amide bonds. The normalized spacial score (nSPS) is 15.6. The number of hydrogen-bond donors (Lipinski definition) is 1. The molecule has 2 aromatic rings. The Hall–Kier alpha value is -2.09. The molecule has 1 fully saturated rings. The maximum atomic E-state index is 13.2. The van der Waals surface area contributed by atoms with Gasteiger partial charge in [-0.05, 0) is 56.4 Å². The zero-order chi connectivity index (χ0) is 21.6. The predicted octanol–water partition coefficient (Wildman–Crippen LogP) is 3.64. The van der Waals surface area contributed by atoms with Crippen molar-refractivity contribution in [2.75, 3.05) is 19.7 Å². The van der Waals surface area contributed by atoms with Gasteiger partial charge in [0.05, 0.1) is 16.5 Å². The fraction of sp³-hybridized carbons (Fsp3) is 0.409. The van der Waals surface area contributed by atoms with Crippen LogP contribution in [0.25, 0.3) is 0 Å². The number of rotatable bonds is 8. The first kappa shape index (κ1) is 22.6. The van der Waals surface area contributed by atoms with Gasteiger partial charge in [-0.2, -0.15) is 4.72 Å². The summed E-state index contributed by atoms with van der Waals surface area (Å²) in [5.41, 5.74) is 0.889. The van der Waals surface area contributed by atoms with E-state index in [-0.39, 0.29) is 22.2 Å². The highest BCUT2D eigenvalue weighted by Crippen LogP contribution is 2.27. The summed E-state index contributed by atoms with van der Waals surface area (Å²) < 4.78 is 34.1. The number of benzene rings is 2. The van der Waals surface area contributed by atoms with Crippen molar-refractivity contribution in [3.8, 4) is 5.75 Å². The van der Waals surface area contributed by atoms with E-state index in [2.05, 4.69) is 4.72 Å². The van der Waals surface area contributed by atoms with Crippen LogP contribution in [0, 0.1) is 0 Å². The van der Waals surface area contributed by atoms with Gasteiger partial charge < -0.3 is 9.64 Å². The number of sulfonamides is 1. The smallest absolute Gasteiger partial charge is 0.241 e. The molecule has 0 radical (unpaired) electrons. The Kier molecular flexibility index (Phi) is 7.75. The molecule has 3 rings (SSSR count).